The van der Waals surface area contributed by atoms with Crippen molar-refractivity contribution in [1.29, 1.82) is 0 Å². The van der Waals surface area contributed by atoms with Crippen molar-refractivity contribution in [3.63, 3.8) is 0 Å². The molecule has 1 aromatic carbocycles. The van der Waals surface area contributed by atoms with Crippen molar-refractivity contribution in [3.05, 3.63) is 33.8 Å². The Morgan fingerprint density at radius 3 is 2.83 bits per heavy atom. The zero-order chi connectivity index (χ0) is 17.0. The Kier molecular flexibility index (Phi) is 6.09. The van der Waals surface area contributed by atoms with Crippen LogP contribution in [0, 0.1) is 12.8 Å². The number of hydrogen-bond donors (Lipinski definition) is 1. The van der Waals surface area contributed by atoms with Gasteiger partial charge in [0.15, 0.2) is 0 Å². The fourth-order valence-corrected chi connectivity index (χ4v) is 3.33. The maximum absolute atomic E-state index is 12.1. The Morgan fingerprint density at radius 2 is 2.17 bits per heavy atom. The van der Waals surface area contributed by atoms with E-state index >= 15 is 0 Å². The lowest BCUT2D eigenvalue weighted by Crippen LogP contribution is -2.36. The van der Waals surface area contributed by atoms with E-state index < -0.39 is 5.60 Å². The fraction of sp³-hybridized carbons (Fsp3) is 0.611. The Morgan fingerprint density at radius 1 is 1.43 bits per heavy atom. The smallest absolute Gasteiger partial charge is 0.410 e. The summed E-state index contributed by atoms with van der Waals surface area (Å²) in [5.74, 6) is 0.492. The molecule has 1 aromatic rings. The second-order valence-corrected chi connectivity index (χ2v) is 8.16. The van der Waals surface area contributed by atoms with Gasteiger partial charge in [0.1, 0.15) is 5.60 Å². The second-order valence-electron chi connectivity index (χ2n) is 7.31. The maximum atomic E-state index is 12.1. The number of aryl methyl sites for hydroxylation is 1. The van der Waals surface area contributed by atoms with Gasteiger partial charge >= 0.3 is 6.09 Å². The van der Waals surface area contributed by atoms with E-state index in [1.165, 1.54) is 11.1 Å². The molecule has 0 bridgehead atoms. The van der Waals surface area contributed by atoms with Crippen LogP contribution in [0.15, 0.2) is 22.7 Å². The number of carbonyl (C=O) groups excluding carboxylic acids is 1. The number of nitrogens with zero attached hydrogens (tertiary/aromatic N) is 1. The van der Waals surface area contributed by atoms with Gasteiger partial charge in [-0.2, -0.15) is 0 Å². The van der Waals surface area contributed by atoms with Gasteiger partial charge in [-0.05, 0) is 57.2 Å². The zero-order valence-corrected chi connectivity index (χ0v) is 16.1. The first-order valence-electron chi connectivity index (χ1n) is 8.18. The van der Waals surface area contributed by atoms with Crippen LogP contribution in [0.4, 0.5) is 4.79 Å². The molecule has 0 aliphatic carbocycles. The summed E-state index contributed by atoms with van der Waals surface area (Å²) in [5.41, 5.74) is 2.09. The van der Waals surface area contributed by atoms with Gasteiger partial charge in [-0.3, -0.25) is 0 Å². The second kappa shape index (κ2) is 7.67. The first-order chi connectivity index (χ1) is 10.7. The highest BCUT2D eigenvalue weighted by Crippen LogP contribution is 2.20. The minimum atomic E-state index is -0.425. The number of nitrogens with one attached hydrogen (secondary N) is 1. The van der Waals surface area contributed by atoms with Crippen LogP contribution in [0.3, 0.4) is 0 Å². The fourth-order valence-electron chi connectivity index (χ4n) is 2.70. The molecule has 1 saturated heterocycles. The zero-order valence-electron chi connectivity index (χ0n) is 14.5. The highest BCUT2D eigenvalue weighted by molar-refractivity contribution is 9.10. The number of rotatable bonds is 4. The maximum Gasteiger partial charge on any atom is 0.410 e. The molecule has 1 amide bonds. The van der Waals surface area contributed by atoms with Gasteiger partial charge in [0, 0.05) is 30.7 Å². The molecule has 5 heteroatoms. The normalized spacial score (nSPS) is 18.3. The summed E-state index contributed by atoms with van der Waals surface area (Å²) in [4.78, 5) is 13.9. The summed E-state index contributed by atoms with van der Waals surface area (Å²) in [6.45, 7) is 11.1. The SMILES string of the molecule is Cc1ccc(CNCC2CCN(C(=O)OC(C)(C)C)C2)c(Br)c1. The Bertz CT molecular complexity index is 554. The summed E-state index contributed by atoms with van der Waals surface area (Å²) in [6.07, 6.45) is 0.836. The molecule has 1 atom stereocenters. The van der Waals surface area contributed by atoms with E-state index in [9.17, 15) is 4.79 Å². The van der Waals surface area contributed by atoms with Gasteiger partial charge in [-0.15, -0.1) is 0 Å². The third-order valence-electron chi connectivity index (χ3n) is 3.89. The van der Waals surface area contributed by atoms with Crippen molar-refractivity contribution < 1.29 is 9.53 Å². The Labute approximate surface area is 147 Å². The van der Waals surface area contributed by atoms with Crippen LogP contribution in [0.2, 0.25) is 0 Å². The first-order valence-corrected chi connectivity index (χ1v) is 8.97. The molecule has 4 nitrogen and oxygen atoms in total. The highest BCUT2D eigenvalue weighted by Gasteiger charge is 2.29. The molecule has 2 rings (SSSR count). The summed E-state index contributed by atoms with van der Waals surface area (Å²) in [7, 11) is 0. The third-order valence-corrected chi connectivity index (χ3v) is 4.63. The molecule has 1 aliphatic rings. The van der Waals surface area contributed by atoms with Gasteiger partial charge in [0.05, 0.1) is 0 Å². The molecule has 0 spiro atoms. The van der Waals surface area contributed by atoms with Gasteiger partial charge in [-0.25, -0.2) is 4.79 Å². The first kappa shape index (κ1) is 18.3. The molecule has 0 radical (unpaired) electrons. The predicted molar refractivity (Wildman–Crippen MR) is 96.5 cm³/mol. The van der Waals surface area contributed by atoms with E-state index in [0.29, 0.717) is 5.92 Å². The lowest BCUT2D eigenvalue weighted by Gasteiger charge is -2.24. The van der Waals surface area contributed by atoms with Crippen LogP contribution in [0.25, 0.3) is 0 Å². The van der Waals surface area contributed by atoms with Crippen molar-refractivity contribution >= 4 is 22.0 Å². The minimum Gasteiger partial charge on any atom is -0.444 e. The number of benzene rings is 1. The Balaban J connectivity index is 1.74. The van der Waals surface area contributed by atoms with Crippen molar-refractivity contribution in [2.45, 2.75) is 46.3 Å². The number of ether oxygens (including phenoxy) is 1. The topological polar surface area (TPSA) is 41.6 Å². The van der Waals surface area contributed by atoms with Crippen molar-refractivity contribution in [2.75, 3.05) is 19.6 Å². The molecule has 1 fully saturated rings. The molecule has 1 N–H and O–H groups in total. The number of carbonyl (C=O) groups is 1. The van der Waals surface area contributed by atoms with E-state index in [2.05, 4.69) is 46.4 Å². The van der Waals surface area contributed by atoms with Gasteiger partial charge in [0.2, 0.25) is 0 Å². The van der Waals surface area contributed by atoms with Gasteiger partial charge in [-0.1, -0.05) is 28.1 Å². The predicted octanol–water partition coefficient (Wildman–Crippen LogP) is 4.10. The standard InChI is InChI=1S/C18H27BrN2O2/c1-13-5-6-15(16(19)9-13)11-20-10-14-7-8-21(12-14)17(22)23-18(2,3)4/h5-6,9,14,20H,7-8,10-12H2,1-4H3. The van der Waals surface area contributed by atoms with E-state index in [0.717, 1.165) is 37.1 Å². The number of likely N-dealkylation sites (tertiary alicyclic amines) is 1. The van der Waals surface area contributed by atoms with E-state index in [1.54, 1.807) is 0 Å². The lowest BCUT2D eigenvalue weighted by atomic mass is 10.1. The molecule has 0 aromatic heterocycles. The van der Waals surface area contributed by atoms with Crippen LogP contribution in [-0.2, 0) is 11.3 Å². The van der Waals surface area contributed by atoms with E-state index in [1.807, 2.05) is 25.7 Å². The average Bonchev–Trinajstić information content (AvgIpc) is 2.88. The Hall–Kier alpha value is -1.07. The van der Waals surface area contributed by atoms with Gasteiger partial charge < -0.3 is 15.0 Å². The monoisotopic (exact) mass is 382 g/mol. The molecule has 1 heterocycles. The van der Waals surface area contributed by atoms with E-state index in [4.69, 9.17) is 4.74 Å². The van der Waals surface area contributed by atoms with Crippen LogP contribution >= 0.6 is 15.9 Å². The molecule has 1 unspecified atom stereocenters. The number of hydrogen-bond acceptors (Lipinski definition) is 3. The van der Waals surface area contributed by atoms with Crippen LogP contribution in [0.1, 0.15) is 38.3 Å². The van der Waals surface area contributed by atoms with Crippen molar-refractivity contribution in [1.82, 2.24) is 10.2 Å². The van der Waals surface area contributed by atoms with Crippen molar-refractivity contribution in [3.8, 4) is 0 Å². The largest absolute Gasteiger partial charge is 0.444 e. The summed E-state index contributed by atoms with van der Waals surface area (Å²) in [6, 6.07) is 6.41. The summed E-state index contributed by atoms with van der Waals surface area (Å²) < 4.78 is 6.58. The van der Waals surface area contributed by atoms with Crippen LogP contribution in [-0.4, -0.2) is 36.2 Å². The molecule has 1 aliphatic heterocycles. The molecular formula is C18H27BrN2O2. The molecule has 128 valence electrons. The summed E-state index contributed by atoms with van der Waals surface area (Å²) in [5, 5.41) is 3.50. The molecular weight excluding hydrogens is 356 g/mol. The number of amides is 1. The minimum absolute atomic E-state index is 0.193. The van der Waals surface area contributed by atoms with Crippen LogP contribution in [0.5, 0.6) is 0 Å². The third kappa shape index (κ3) is 5.81. The highest BCUT2D eigenvalue weighted by atomic mass is 79.9. The lowest BCUT2D eigenvalue weighted by molar-refractivity contribution is 0.0288. The van der Waals surface area contributed by atoms with Crippen molar-refractivity contribution in [2.24, 2.45) is 5.92 Å². The average molecular weight is 383 g/mol. The number of halogens is 1. The quantitative estimate of drug-likeness (QED) is 0.851. The van der Waals surface area contributed by atoms with Gasteiger partial charge in [0.25, 0.3) is 0 Å². The molecule has 23 heavy (non-hydrogen) atoms. The van der Waals surface area contributed by atoms with E-state index in [-0.39, 0.29) is 6.09 Å². The summed E-state index contributed by atoms with van der Waals surface area (Å²) >= 11 is 3.61. The molecule has 0 saturated carbocycles. The van der Waals surface area contributed by atoms with Crippen LogP contribution < -0.4 is 5.32 Å².